The Hall–Kier alpha value is -3.30. The van der Waals surface area contributed by atoms with Crippen molar-refractivity contribution >= 4 is 5.78 Å². The number of nitrogens with zero attached hydrogens (tertiary/aromatic N) is 5. The molecular weight excluding hydrogens is 446 g/mol. The predicted molar refractivity (Wildman–Crippen MR) is 133 cm³/mol. The van der Waals surface area contributed by atoms with Crippen molar-refractivity contribution < 1.29 is 14.3 Å². The van der Waals surface area contributed by atoms with Gasteiger partial charge in [-0.2, -0.15) is 4.68 Å². The lowest BCUT2D eigenvalue weighted by atomic mass is 10.1. The number of morpholine rings is 1. The van der Waals surface area contributed by atoms with Crippen molar-refractivity contribution in [3.05, 3.63) is 58.5 Å². The lowest BCUT2D eigenvalue weighted by molar-refractivity contribution is -0.120. The minimum absolute atomic E-state index is 0.0238. The second-order valence-corrected chi connectivity index (χ2v) is 9.18. The van der Waals surface area contributed by atoms with Crippen LogP contribution in [0.25, 0.3) is 17.2 Å². The van der Waals surface area contributed by atoms with Crippen LogP contribution in [0.3, 0.4) is 0 Å². The smallest absolute Gasteiger partial charge is 0.351 e. The molecule has 9 nitrogen and oxygen atoms in total. The third-order valence-electron chi connectivity index (χ3n) is 6.00. The number of aromatic nitrogens is 4. The number of hydrogen-bond acceptors (Lipinski definition) is 7. The molecule has 0 amide bonds. The average Bonchev–Trinajstić information content (AvgIpc) is 3.19. The van der Waals surface area contributed by atoms with Gasteiger partial charge >= 0.3 is 5.69 Å². The second-order valence-electron chi connectivity index (χ2n) is 9.18. The van der Waals surface area contributed by atoms with Gasteiger partial charge in [0, 0.05) is 32.1 Å². The number of carbonyl (C=O) groups is 1. The summed E-state index contributed by atoms with van der Waals surface area (Å²) in [6, 6.07) is 13.1. The number of rotatable bonds is 10. The molecule has 186 valence electrons. The Morgan fingerprint density at radius 3 is 2.54 bits per heavy atom. The van der Waals surface area contributed by atoms with Crippen LogP contribution >= 0.6 is 0 Å². The van der Waals surface area contributed by atoms with Gasteiger partial charge in [-0.05, 0) is 36.1 Å². The summed E-state index contributed by atoms with van der Waals surface area (Å²) in [6.07, 6.45) is 1.31. The number of pyridine rings is 1. The van der Waals surface area contributed by atoms with Gasteiger partial charge in [-0.3, -0.25) is 14.3 Å². The molecule has 0 unspecified atom stereocenters. The fourth-order valence-electron chi connectivity index (χ4n) is 4.16. The largest absolute Gasteiger partial charge is 0.481 e. The predicted octanol–water partition coefficient (Wildman–Crippen LogP) is 2.59. The lowest BCUT2D eigenvalue weighted by Crippen LogP contribution is -2.37. The Balaban J connectivity index is 1.61. The van der Waals surface area contributed by atoms with Crippen molar-refractivity contribution in [1.29, 1.82) is 0 Å². The van der Waals surface area contributed by atoms with E-state index in [0.717, 1.165) is 39.3 Å². The van der Waals surface area contributed by atoms with Crippen LogP contribution in [-0.4, -0.2) is 70.0 Å². The standard InChI is InChI=1S/C26H33N5O4/c1-19(2)17-22(32)18-30-25(23-5-4-6-24(27-23)34-3)28-31(26(30)33)21-9-7-20(8-10-21)11-12-29-13-15-35-16-14-29/h4-10,19H,11-18H2,1-3H3. The summed E-state index contributed by atoms with van der Waals surface area (Å²) in [4.78, 5) is 32.8. The normalized spacial score (nSPS) is 14.4. The van der Waals surface area contributed by atoms with E-state index in [4.69, 9.17) is 9.47 Å². The zero-order chi connectivity index (χ0) is 24.8. The Bertz CT molecular complexity index is 1190. The van der Waals surface area contributed by atoms with E-state index in [1.807, 2.05) is 38.1 Å². The molecule has 0 aliphatic carbocycles. The van der Waals surface area contributed by atoms with Gasteiger partial charge in [-0.15, -0.1) is 5.10 Å². The molecule has 0 atom stereocenters. The van der Waals surface area contributed by atoms with Gasteiger partial charge in [-0.25, -0.2) is 9.78 Å². The zero-order valence-corrected chi connectivity index (χ0v) is 20.6. The Morgan fingerprint density at radius 2 is 1.86 bits per heavy atom. The van der Waals surface area contributed by atoms with Crippen molar-refractivity contribution in [1.82, 2.24) is 24.2 Å². The second kappa shape index (κ2) is 11.4. The third-order valence-corrected chi connectivity index (χ3v) is 6.00. The molecule has 1 saturated heterocycles. The van der Waals surface area contributed by atoms with Crippen LogP contribution < -0.4 is 10.4 Å². The molecule has 0 spiro atoms. The molecule has 1 aliphatic heterocycles. The summed E-state index contributed by atoms with van der Waals surface area (Å²) in [6.45, 7) is 8.38. The maximum absolute atomic E-state index is 13.4. The molecule has 0 radical (unpaired) electrons. The molecule has 1 aromatic carbocycles. The number of carbonyl (C=O) groups excluding carboxylic acids is 1. The quantitative estimate of drug-likeness (QED) is 0.441. The summed E-state index contributed by atoms with van der Waals surface area (Å²) < 4.78 is 13.4. The van der Waals surface area contributed by atoms with Gasteiger partial charge in [0.2, 0.25) is 5.88 Å². The van der Waals surface area contributed by atoms with Crippen molar-refractivity contribution in [2.24, 2.45) is 5.92 Å². The van der Waals surface area contributed by atoms with Gasteiger partial charge in [0.1, 0.15) is 5.69 Å². The van der Waals surface area contributed by atoms with E-state index < -0.39 is 0 Å². The molecule has 0 N–H and O–H groups in total. The molecule has 4 rings (SSSR count). The average molecular weight is 480 g/mol. The van der Waals surface area contributed by atoms with Crippen LogP contribution in [0.4, 0.5) is 0 Å². The molecule has 35 heavy (non-hydrogen) atoms. The number of Topliss-reactive ketones (excluding diaryl/α,β-unsaturated/α-hetero) is 1. The Labute approximate surface area is 205 Å². The first-order chi connectivity index (χ1) is 16.9. The van der Waals surface area contributed by atoms with Crippen LogP contribution in [0.5, 0.6) is 5.88 Å². The van der Waals surface area contributed by atoms with Gasteiger partial charge in [0.15, 0.2) is 11.6 Å². The van der Waals surface area contributed by atoms with E-state index in [9.17, 15) is 9.59 Å². The van der Waals surface area contributed by atoms with Crippen LogP contribution in [0.2, 0.25) is 0 Å². The summed E-state index contributed by atoms with van der Waals surface area (Å²) >= 11 is 0. The minimum atomic E-state index is -0.372. The molecule has 0 bridgehead atoms. The molecule has 1 fully saturated rings. The first-order valence-electron chi connectivity index (χ1n) is 12.1. The zero-order valence-electron chi connectivity index (χ0n) is 20.6. The maximum Gasteiger partial charge on any atom is 0.351 e. The highest BCUT2D eigenvalue weighted by Crippen LogP contribution is 2.19. The maximum atomic E-state index is 13.4. The number of benzene rings is 1. The molecule has 1 aliphatic rings. The summed E-state index contributed by atoms with van der Waals surface area (Å²) in [5, 5.41) is 4.58. The molecule has 2 aromatic heterocycles. The SMILES string of the molecule is COc1cccc(-c2nn(-c3ccc(CCN4CCOCC4)cc3)c(=O)n2CC(=O)CC(C)C)n1. The minimum Gasteiger partial charge on any atom is -0.481 e. The fourth-order valence-corrected chi connectivity index (χ4v) is 4.16. The number of ether oxygens (including phenoxy) is 2. The van der Waals surface area contributed by atoms with Crippen molar-refractivity contribution in [2.45, 2.75) is 33.2 Å². The monoisotopic (exact) mass is 479 g/mol. The molecule has 0 saturated carbocycles. The molecule has 3 aromatic rings. The molecular formula is C26H33N5O4. The summed E-state index contributed by atoms with van der Waals surface area (Å²) in [5.74, 6) is 0.928. The van der Waals surface area contributed by atoms with Gasteiger partial charge in [0.05, 0.1) is 32.6 Å². The van der Waals surface area contributed by atoms with Crippen LogP contribution in [-0.2, 0) is 22.5 Å². The van der Waals surface area contributed by atoms with E-state index in [2.05, 4.69) is 15.0 Å². The number of methoxy groups -OCH3 is 1. The molecule has 9 heteroatoms. The van der Waals surface area contributed by atoms with Crippen molar-refractivity contribution in [3.63, 3.8) is 0 Å². The lowest BCUT2D eigenvalue weighted by Gasteiger charge is -2.26. The summed E-state index contributed by atoms with van der Waals surface area (Å²) in [5.41, 5.74) is 1.93. The van der Waals surface area contributed by atoms with E-state index in [0.29, 0.717) is 29.5 Å². The Morgan fingerprint density at radius 1 is 1.11 bits per heavy atom. The topological polar surface area (TPSA) is 91.5 Å². The van der Waals surface area contributed by atoms with Gasteiger partial charge in [-0.1, -0.05) is 32.0 Å². The highest BCUT2D eigenvalue weighted by atomic mass is 16.5. The van der Waals surface area contributed by atoms with Crippen LogP contribution in [0.1, 0.15) is 25.8 Å². The van der Waals surface area contributed by atoms with Crippen molar-refractivity contribution in [2.75, 3.05) is 40.0 Å². The summed E-state index contributed by atoms with van der Waals surface area (Å²) in [7, 11) is 1.53. The third kappa shape index (κ3) is 6.23. The van der Waals surface area contributed by atoms with Crippen molar-refractivity contribution in [3.8, 4) is 23.1 Å². The highest BCUT2D eigenvalue weighted by molar-refractivity contribution is 5.79. The molecule has 3 heterocycles. The van der Waals surface area contributed by atoms with E-state index in [-0.39, 0.29) is 23.9 Å². The van der Waals surface area contributed by atoms with E-state index in [1.54, 1.807) is 18.2 Å². The first kappa shape index (κ1) is 24.8. The Kier molecular flexibility index (Phi) is 8.09. The van der Waals surface area contributed by atoms with Gasteiger partial charge < -0.3 is 9.47 Å². The van der Waals surface area contributed by atoms with Crippen LogP contribution in [0.15, 0.2) is 47.3 Å². The fraction of sp³-hybridized carbons (Fsp3) is 0.462. The number of ketones is 1. The van der Waals surface area contributed by atoms with E-state index in [1.165, 1.54) is 21.9 Å². The first-order valence-corrected chi connectivity index (χ1v) is 12.1. The van der Waals surface area contributed by atoms with E-state index >= 15 is 0 Å². The number of hydrogen-bond donors (Lipinski definition) is 0. The van der Waals surface area contributed by atoms with Gasteiger partial charge in [0.25, 0.3) is 0 Å². The highest BCUT2D eigenvalue weighted by Gasteiger charge is 2.20. The van der Waals surface area contributed by atoms with Crippen LogP contribution in [0, 0.1) is 5.92 Å².